The lowest BCUT2D eigenvalue weighted by molar-refractivity contribution is -0.132. The molecule has 0 spiro atoms. The van der Waals surface area contributed by atoms with E-state index in [0.29, 0.717) is 6.54 Å². The zero-order valence-electron chi connectivity index (χ0n) is 10.1. The Kier molecular flexibility index (Phi) is 4.11. The van der Waals surface area contributed by atoms with Gasteiger partial charge in [0.25, 0.3) is 0 Å². The molecule has 0 aliphatic carbocycles. The van der Waals surface area contributed by atoms with Crippen LogP contribution in [0.3, 0.4) is 0 Å². The Bertz CT molecular complexity index is 224. The van der Waals surface area contributed by atoms with Crippen LogP contribution in [0, 0.1) is 0 Å². The van der Waals surface area contributed by atoms with Crippen molar-refractivity contribution in [2.24, 2.45) is 5.73 Å². The standard InChI is InChI=1S/C11H23N3O/c1-4-6-11(12)8-14(9-11)7-10(15)13(3)5-2/h4-9,12H2,1-3H3. The van der Waals surface area contributed by atoms with E-state index in [9.17, 15) is 4.79 Å². The summed E-state index contributed by atoms with van der Waals surface area (Å²) in [7, 11) is 1.84. The summed E-state index contributed by atoms with van der Waals surface area (Å²) in [5, 5.41) is 0. The lowest BCUT2D eigenvalue weighted by Crippen LogP contribution is -2.68. The first kappa shape index (κ1) is 12.5. The fraction of sp³-hybridized carbons (Fsp3) is 0.909. The van der Waals surface area contributed by atoms with E-state index in [4.69, 9.17) is 5.73 Å². The lowest BCUT2D eigenvalue weighted by atomic mass is 9.86. The van der Waals surface area contributed by atoms with Gasteiger partial charge < -0.3 is 10.6 Å². The Labute approximate surface area is 92.4 Å². The molecule has 0 aromatic rings. The van der Waals surface area contributed by atoms with Crippen molar-refractivity contribution in [3.63, 3.8) is 0 Å². The number of amides is 1. The van der Waals surface area contributed by atoms with Gasteiger partial charge in [0.2, 0.25) is 5.91 Å². The second-order valence-electron chi connectivity index (χ2n) is 4.67. The highest BCUT2D eigenvalue weighted by Gasteiger charge is 2.39. The molecule has 0 aromatic heterocycles. The number of hydrogen-bond donors (Lipinski definition) is 1. The molecule has 4 heteroatoms. The Hall–Kier alpha value is -0.610. The third kappa shape index (κ3) is 3.18. The minimum absolute atomic E-state index is 0.0280. The van der Waals surface area contributed by atoms with Crippen molar-refractivity contribution < 1.29 is 4.79 Å². The van der Waals surface area contributed by atoms with Crippen molar-refractivity contribution in [1.82, 2.24) is 9.80 Å². The first-order chi connectivity index (χ1) is 7.00. The molecule has 88 valence electrons. The van der Waals surface area contributed by atoms with Gasteiger partial charge in [-0.3, -0.25) is 9.69 Å². The third-order valence-corrected chi connectivity index (χ3v) is 3.08. The first-order valence-electron chi connectivity index (χ1n) is 5.76. The van der Waals surface area contributed by atoms with Gasteiger partial charge >= 0.3 is 0 Å². The highest BCUT2D eigenvalue weighted by atomic mass is 16.2. The van der Waals surface area contributed by atoms with E-state index in [1.165, 1.54) is 0 Å². The summed E-state index contributed by atoms with van der Waals surface area (Å²) in [6.07, 6.45) is 2.18. The molecule has 4 nitrogen and oxygen atoms in total. The average molecular weight is 213 g/mol. The van der Waals surface area contributed by atoms with Crippen LogP contribution in [0.4, 0.5) is 0 Å². The Morgan fingerprint density at radius 2 is 2.07 bits per heavy atom. The maximum Gasteiger partial charge on any atom is 0.236 e. The van der Waals surface area contributed by atoms with E-state index in [1.54, 1.807) is 4.90 Å². The first-order valence-corrected chi connectivity index (χ1v) is 5.76. The maximum absolute atomic E-state index is 11.6. The van der Waals surface area contributed by atoms with Gasteiger partial charge in [-0.05, 0) is 13.3 Å². The highest BCUT2D eigenvalue weighted by Crippen LogP contribution is 2.22. The van der Waals surface area contributed by atoms with E-state index in [1.807, 2.05) is 14.0 Å². The SMILES string of the molecule is CCCC1(N)CN(CC(=O)N(C)CC)C1. The van der Waals surface area contributed by atoms with Crippen LogP contribution in [0.5, 0.6) is 0 Å². The average Bonchev–Trinajstić information content (AvgIpc) is 2.14. The molecule has 0 aromatic carbocycles. The van der Waals surface area contributed by atoms with Crippen LogP contribution >= 0.6 is 0 Å². The van der Waals surface area contributed by atoms with Crippen molar-refractivity contribution in [3.05, 3.63) is 0 Å². The molecule has 1 saturated heterocycles. The van der Waals surface area contributed by atoms with Crippen molar-refractivity contribution in [1.29, 1.82) is 0 Å². The Morgan fingerprint density at radius 3 is 2.53 bits per heavy atom. The summed E-state index contributed by atoms with van der Waals surface area (Å²) in [4.78, 5) is 15.5. The molecule has 0 saturated carbocycles. The number of rotatable bonds is 5. The zero-order chi connectivity index (χ0) is 11.5. The predicted octanol–water partition coefficient (Wildman–Crippen LogP) is 0.278. The summed E-state index contributed by atoms with van der Waals surface area (Å²) < 4.78 is 0. The highest BCUT2D eigenvalue weighted by molar-refractivity contribution is 5.78. The topological polar surface area (TPSA) is 49.6 Å². The third-order valence-electron chi connectivity index (χ3n) is 3.08. The van der Waals surface area contributed by atoms with Gasteiger partial charge in [0.15, 0.2) is 0 Å². The molecular weight excluding hydrogens is 190 g/mol. The van der Waals surface area contributed by atoms with Crippen LogP contribution in [-0.4, -0.2) is 54.5 Å². The van der Waals surface area contributed by atoms with Gasteiger partial charge in [0, 0.05) is 32.2 Å². The molecule has 1 aliphatic rings. The zero-order valence-corrected chi connectivity index (χ0v) is 10.1. The monoisotopic (exact) mass is 213 g/mol. The van der Waals surface area contributed by atoms with Crippen molar-refractivity contribution in [2.75, 3.05) is 33.2 Å². The fourth-order valence-corrected chi connectivity index (χ4v) is 2.10. The van der Waals surface area contributed by atoms with Crippen LogP contribution in [0.25, 0.3) is 0 Å². The number of likely N-dealkylation sites (N-methyl/N-ethyl adjacent to an activating group) is 1. The summed E-state index contributed by atoms with van der Waals surface area (Å²) in [5.74, 6) is 0.191. The number of carbonyl (C=O) groups excluding carboxylic acids is 1. The van der Waals surface area contributed by atoms with Crippen LogP contribution in [-0.2, 0) is 4.79 Å². The van der Waals surface area contributed by atoms with Crippen LogP contribution in [0.1, 0.15) is 26.7 Å². The predicted molar refractivity (Wildman–Crippen MR) is 61.6 cm³/mol. The number of likely N-dealkylation sites (tertiary alicyclic amines) is 1. The summed E-state index contributed by atoms with van der Waals surface area (Å²) >= 11 is 0. The largest absolute Gasteiger partial charge is 0.345 e. The smallest absolute Gasteiger partial charge is 0.236 e. The quantitative estimate of drug-likeness (QED) is 0.713. The second-order valence-corrected chi connectivity index (χ2v) is 4.67. The van der Waals surface area contributed by atoms with Gasteiger partial charge in [0.05, 0.1) is 6.54 Å². The van der Waals surface area contributed by atoms with Gasteiger partial charge in [-0.25, -0.2) is 0 Å². The van der Waals surface area contributed by atoms with E-state index < -0.39 is 0 Å². The Balaban J connectivity index is 2.25. The molecule has 0 radical (unpaired) electrons. The molecule has 2 N–H and O–H groups in total. The molecular formula is C11H23N3O. The Morgan fingerprint density at radius 1 is 1.47 bits per heavy atom. The van der Waals surface area contributed by atoms with Crippen molar-refractivity contribution in [3.8, 4) is 0 Å². The lowest BCUT2D eigenvalue weighted by Gasteiger charge is -2.47. The number of hydrogen-bond acceptors (Lipinski definition) is 3. The second kappa shape index (κ2) is 4.94. The van der Waals surface area contributed by atoms with Crippen LogP contribution < -0.4 is 5.73 Å². The van der Waals surface area contributed by atoms with E-state index in [2.05, 4.69) is 11.8 Å². The van der Waals surface area contributed by atoms with Crippen LogP contribution in [0.2, 0.25) is 0 Å². The van der Waals surface area contributed by atoms with E-state index >= 15 is 0 Å². The number of nitrogens with zero attached hydrogens (tertiary/aromatic N) is 2. The molecule has 1 rings (SSSR count). The van der Waals surface area contributed by atoms with Crippen LogP contribution in [0.15, 0.2) is 0 Å². The molecule has 1 aliphatic heterocycles. The molecule has 0 atom stereocenters. The fourth-order valence-electron chi connectivity index (χ4n) is 2.10. The van der Waals surface area contributed by atoms with Gasteiger partial charge in [0.1, 0.15) is 0 Å². The molecule has 1 heterocycles. The number of nitrogens with two attached hydrogens (primary N) is 1. The summed E-state index contributed by atoms with van der Waals surface area (Å²) in [6, 6.07) is 0. The maximum atomic E-state index is 11.6. The van der Waals surface area contributed by atoms with Gasteiger partial charge in [-0.15, -0.1) is 0 Å². The molecule has 0 unspecified atom stereocenters. The molecule has 0 bridgehead atoms. The molecule has 1 fully saturated rings. The molecule has 1 amide bonds. The van der Waals surface area contributed by atoms with E-state index in [-0.39, 0.29) is 11.4 Å². The van der Waals surface area contributed by atoms with Crippen molar-refractivity contribution in [2.45, 2.75) is 32.2 Å². The molecule has 15 heavy (non-hydrogen) atoms. The minimum atomic E-state index is -0.0280. The minimum Gasteiger partial charge on any atom is -0.345 e. The van der Waals surface area contributed by atoms with Gasteiger partial charge in [-0.1, -0.05) is 13.3 Å². The normalized spacial score (nSPS) is 19.7. The number of carbonyl (C=O) groups is 1. The summed E-state index contributed by atoms with van der Waals surface area (Å²) in [6.45, 7) is 7.16. The van der Waals surface area contributed by atoms with E-state index in [0.717, 1.165) is 32.5 Å². The van der Waals surface area contributed by atoms with Crippen molar-refractivity contribution >= 4 is 5.91 Å². The summed E-state index contributed by atoms with van der Waals surface area (Å²) in [5.41, 5.74) is 6.09. The van der Waals surface area contributed by atoms with Gasteiger partial charge in [-0.2, -0.15) is 0 Å².